The minimum absolute atomic E-state index is 0.235. The van der Waals surface area contributed by atoms with Gasteiger partial charge >= 0.3 is 0 Å². The van der Waals surface area contributed by atoms with Crippen LogP contribution in [0.3, 0.4) is 0 Å². The fourth-order valence-corrected chi connectivity index (χ4v) is 1.72. The van der Waals surface area contributed by atoms with Gasteiger partial charge in [-0.15, -0.1) is 0 Å². The van der Waals surface area contributed by atoms with Crippen molar-refractivity contribution in [2.45, 2.75) is 6.92 Å². The van der Waals surface area contributed by atoms with Crippen LogP contribution in [-0.4, -0.2) is 16.1 Å². The molecule has 0 saturated carbocycles. The molecule has 0 saturated heterocycles. The SMILES string of the molecule is Cc1nn(-c2ccc(F)cc2)c(Cl)c1C=O. The zero-order valence-electron chi connectivity index (χ0n) is 8.45. The molecule has 0 spiro atoms. The van der Waals surface area contributed by atoms with E-state index in [4.69, 9.17) is 11.6 Å². The number of aromatic nitrogens is 2. The first-order chi connectivity index (χ1) is 7.63. The number of rotatable bonds is 2. The van der Waals surface area contributed by atoms with Gasteiger partial charge < -0.3 is 0 Å². The molecule has 1 aromatic heterocycles. The lowest BCUT2D eigenvalue weighted by Gasteiger charge is -2.02. The molecular formula is C11H8ClFN2O. The summed E-state index contributed by atoms with van der Waals surface area (Å²) in [5, 5.41) is 4.35. The van der Waals surface area contributed by atoms with E-state index >= 15 is 0 Å². The summed E-state index contributed by atoms with van der Waals surface area (Å²) in [6, 6.07) is 5.71. The number of carbonyl (C=O) groups excluding carboxylic acids is 1. The molecule has 2 aromatic rings. The first-order valence-electron chi connectivity index (χ1n) is 4.59. The fourth-order valence-electron chi connectivity index (χ4n) is 1.40. The minimum atomic E-state index is -0.334. The second kappa shape index (κ2) is 4.06. The molecule has 5 heteroatoms. The Hall–Kier alpha value is -1.68. The zero-order chi connectivity index (χ0) is 11.7. The number of hydrogen-bond acceptors (Lipinski definition) is 2. The van der Waals surface area contributed by atoms with Gasteiger partial charge in [-0.25, -0.2) is 9.07 Å². The Morgan fingerprint density at radius 3 is 2.50 bits per heavy atom. The van der Waals surface area contributed by atoms with Crippen molar-refractivity contribution in [1.82, 2.24) is 9.78 Å². The molecule has 0 bridgehead atoms. The quantitative estimate of drug-likeness (QED) is 0.754. The van der Waals surface area contributed by atoms with E-state index in [2.05, 4.69) is 5.10 Å². The Morgan fingerprint density at radius 2 is 2.00 bits per heavy atom. The van der Waals surface area contributed by atoms with E-state index in [-0.39, 0.29) is 11.0 Å². The lowest BCUT2D eigenvalue weighted by Crippen LogP contribution is -1.96. The molecule has 16 heavy (non-hydrogen) atoms. The van der Waals surface area contributed by atoms with Crippen molar-refractivity contribution in [2.75, 3.05) is 0 Å². The van der Waals surface area contributed by atoms with Crippen LogP contribution in [0.1, 0.15) is 16.1 Å². The molecule has 1 heterocycles. The van der Waals surface area contributed by atoms with Gasteiger partial charge in [0.25, 0.3) is 0 Å². The van der Waals surface area contributed by atoms with Gasteiger partial charge in [0.15, 0.2) is 6.29 Å². The molecule has 0 amide bonds. The van der Waals surface area contributed by atoms with Crippen LogP contribution in [0.25, 0.3) is 5.69 Å². The maximum absolute atomic E-state index is 12.7. The van der Waals surface area contributed by atoms with Gasteiger partial charge in [0.05, 0.1) is 16.9 Å². The highest BCUT2D eigenvalue weighted by atomic mass is 35.5. The molecule has 0 N–H and O–H groups in total. The average molecular weight is 239 g/mol. The smallest absolute Gasteiger partial charge is 0.155 e. The van der Waals surface area contributed by atoms with Gasteiger partial charge in [-0.2, -0.15) is 5.10 Å². The summed E-state index contributed by atoms with van der Waals surface area (Å²) >= 11 is 5.98. The summed E-state index contributed by atoms with van der Waals surface area (Å²) < 4.78 is 14.1. The average Bonchev–Trinajstić information content (AvgIpc) is 2.55. The lowest BCUT2D eigenvalue weighted by molar-refractivity contribution is 0.112. The normalized spacial score (nSPS) is 10.4. The third-order valence-corrected chi connectivity index (χ3v) is 2.60. The summed E-state index contributed by atoms with van der Waals surface area (Å²) in [6.07, 6.45) is 0.657. The highest BCUT2D eigenvalue weighted by Gasteiger charge is 2.13. The van der Waals surface area contributed by atoms with Crippen LogP contribution < -0.4 is 0 Å². The second-order valence-electron chi connectivity index (χ2n) is 3.30. The Morgan fingerprint density at radius 1 is 1.38 bits per heavy atom. The summed E-state index contributed by atoms with van der Waals surface area (Å²) in [6.45, 7) is 1.69. The van der Waals surface area contributed by atoms with Crippen LogP contribution in [0.2, 0.25) is 5.15 Å². The molecule has 1 aromatic carbocycles. The van der Waals surface area contributed by atoms with Crippen molar-refractivity contribution >= 4 is 17.9 Å². The van der Waals surface area contributed by atoms with Crippen LogP contribution in [-0.2, 0) is 0 Å². The van der Waals surface area contributed by atoms with Crippen molar-refractivity contribution < 1.29 is 9.18 Å². The number of halogens is 2. The van der Waals surface area contributed by atoms with E-state index < -0.39 is 0 Å². The number of hydrogen-bond donors (Lipinski definition) is 0. The summed E-state index contributed by atoms with van der Waals surface area (Å²) in [5.74, 6) is -0.334. The number of aryl methyl sites for hydroxylation is 1. The van der Waals surface area contributed by atoms with E-state index in [1.807, 2.05) is 0 Å². The van der Waals surface area contributed by atoms with Gasteiger partial charge in [-0.05, 0) is 31.2 Å². The highest BCUT2D eigenvalue weighted by Crippen LogP contribution is 2.21. The molecule has 3 nitrogen and oxygen atoms in total. The first-order valence-corrected chi connectivity index (χ1v) is 4.97. The van der Waals surface area contributed by atoms with Gasteiger partial charge in [-0.1, -0.05) is 11.6 Å². The zero-order valence-corrected chi connectivity index (χ0v) is 9.20. The summed E-state index contributed by atoms with van der Waals surface area (Å²) in [7, 11) is 0. The van der Waals surface area contributed by atoms with Gasteiger partial charge in [0.1, 0.15) is 11.0 Å². The van der Waals surface area contributed by atoms with Crippen molar-refractivity contribution in [1.29, 1.82) is 0 Å². The molecule has 2 rings (SSSR count). The predicted octanol–water partition coefficient (Wildman–Crippen LogP) is 2.79. The van der Waals surface area contributed by atoms with Gasteiger partial charge in [0.2, 0.25) is 0 Å². The van der Waals surface area contributed by atoms with Crippen LogP contribution in [0, 0.1) is 12.7 Å². The van der Waals surface area contributed by atoms with Crippen molar-refractivity contribution in [2.24, 2.45) is 0 Å². The second-order valence-corrected chi connectivity index (χ2v) is 3.65. The van der Waals surface area contributed by atoms with Gasteiger partial charge in [-0.3, -0.25) is 4.79 Å². The van der Waals surface area contributed by atoms with Crippen LogP contribution >= 0.6 is 11.6 Å². The molecular weight excluding hydrogens is 231 g/mol. The Bertz CT molecular complexity index is 534. The van der Waals surface area contributed by atoms with Crippen LogP contribution in [0.15, 0.2) is 24.3 Å². The molecule has 0 fully saturated rings. The maximum atomic E-state index is 12.7. The Balaban J connectivity index is 2.56. The lowest BCUT2D eigenvalue weighted by atomic mass is 10.3. The molecule has 82 valence electrons. The third-order valence-electron chi connectivity index (χ3n) is 2.24. The van der Waals surface area contributed by atoms with E-state index in [1.54, 1.807) is 19.1 Å². The predicted molar refractivity (Wildman–Crippen MR) is 58.7 cm³/mol. The number of benzene rings is 1. The summed E-state index contributed by atoms with van der Waals surface area (Å²) in [4.78, 5) is 10.7. The van der Waals surface area contributed by atoms with E-state index in [1.165, 1.54) is 16.8 Å². The standard InChI is InChI=1S/C11H8ClFN2O/c1-7-10(6-16)11(12)15(14-7)9-4-2-8(13)3-5-9/h2-6H,1H3. The third kappa shape index (κ3) is 1.72. The van der Waals surface area contributed by atoms with Crippen LogP contribution in [0.4, 0.5) is 4.39 Å². The Kier molecular flexibility index (Phi) is 2.75. The molecule has 0 radical (unpaired) electrons. The van der Waals surface area contributed by atoms with Crippen molar-refractivity contribution in [3.63, 3.8) is 0 Å². The molecule has 0 aliphatic heterocycles. The number of carbonyl (C=O) groups is 1. The first kappa shape index (κ1) is 10.8. The molecule has 0 aliphatic carbocycles. The van der Waals surface area contributed by atoms with E-state index in [0.29, 0.717) is 23.2 Å². The Labute approximate surface area is 96.5 Å². The topological polar surface area (TPSA) is 34.9 Å². The van der Waals surface area contributed by atoms with E-state index in [9.17, 15) is 9.18 Å². The van der Waals surface area contributed by atoms with E-state index in [0.717, 1.165) is 0 Å². The molecule has 0 atom stereocenters. The number of aldehydes is 1. The summed E-state index contributed by atoms with van der Waals surface area (Å²) in [5.41, 5.74) is 1.51. The van der Waals surface area contributed by atoms with Crippen molar-refractivity contribution in [3.8, 4) is 5.69 Å². The number of nitrogens with zero attached hydrogens (tertiary/aromatic N) is 2. The highest BCUT2D eigenvalue weighted by molar-refractivity contribution is 6.32. The monoisotopic (exact) mass is 238 g/mol. The van der Waals surface area contributed by atoms with Crippen molar-refractivity contribution in [3.05, 3.63) is 46.5 Å². The molecule has 0 aliphatic rings. The maximum Gasteiger partial charge on any atom is 0.155 e. The largest absolute Gasteiger partial charge is 0.298 e. The van der Waals surface area contributed by atoms with Crippen LogP contribution in [0.5, 0.6) is 0 Å². The van der Waals surface area contributed by atoms with Gasteiger partial charge in [0, 0.05) is 0 Å². The minimum Gasteiger partial charge on any atom is -0.298 e. The molecule has 0 unspecified atom stereocenters. The fraction of sp³-hybridized carbons (Fsp3) is 0.0909.